The number of carboxylic acids is 1. The topological polar surface area (TPSA) is 136 Å². The maximum Gasteiger partial charge on any atom is 0.305 e. The fourth-order valence-electron chi connectivity index (χ4n) is 3.41. The number of aliphatic carboxylic acids is 1. The average molecular weight is 414 g/mol. The Labute approximate surface area is 170 Å². The third-order valence-electron chi connectivity index (χ3n) is 4.67. The molecule has 0 spiro atoms. The van der Waals surface area contributed by atoms with Crippen molar-refractivity contribution in [3.8, 4) is 11.5 Å². The normalized spacial score (nSPS) is 13.7. The summed E-state index contributed by atoms with van der Waals surface area (Å²) in [6, 6.07) is 7.09. The zero-order valence-electron chi connectivity index (χ0n) is 16.2. The van der Waals surface area contributed by atoms with Gasteiger partial charge in [0.25, 0.3) is 17.5 Å². The third-order valence-corrected chi connectivity index (χ3v) is 4.67. The van der Waals surface area contributed by atoms with Crippen LogP contribution in [-0.4, -0.2) is 46.4 Å². The predicted molar refractivity (Wildman–Crippen MR) is 103 cm³/mol. The molecule has 0 radical (unpaired) electrons. The lowest BCUT2D eigenvalue weighted by Crippen LogP contribution is -2.35. The molecule has 2 aromatic rings. The van der Waals surface area contributed by atoms with Crippen LogP contribution >= 0.6 is 0 Å². The van der Waals surface area contributed by atoms with E-state index in [-0.39, 0.29) is 11.1 Å². The van der Waals surface area contributed by atoms with Gasteiger partial charge in [-0.3, -0.25) is 29.4 Å². The molecule has 2 amide bonds. The van der Waals surface area contributed by atoms with Crippen molar-refractivity contribution in [1.29, 1.82) is 0 Å². The van der Waals surface area contributed by atoms with Crippen molar-refractivity contribution in [2.45, 2.75) is 19.4 Å². The fraction of sp³-hybridized carbons (Fsp3) is 0.250. The van der Waals surface area contributed by atoms with E-state index in [0.29, 0.717) is 23.7 Å². The molecule has 1 atom stereocenters. The second-order valence-corrected chi connectivity index (χ2v) is 6.39. The van der Waals surface area contributed by atoms with Crippen LogP contribution in [0, 0.1) is 10.1 Å². The quantitative estimate of drug-likeness (QED) is 0.396. The first kappa shape index (κ1) is 20.8. The summed E-state index contributed by atoms with van der Waals surface area (Å²) in [6.07, 6.45) is -0.586. The summed E-state index contributed by atoms with van der Waals surface area (Å²) < 4.78 is 10.7. The number of hydrogen-bond donors (Lipinski definition) is 1. The lowest BCUT2D eigenvalue weighted by molar-refractivity contribution is -0.385. The Balaban J connectivity index is 2.12. The number of nitrogens with zero attached hydrogens (tertiary/aromatic N) is 2. The number of nitro groups is 1. The molecule has 10 nitrogen and oxygen atoms in total. The van der Waals surface area contributed by atoms with Crippen LogP contribution in [0.25, 0.3) is 0 Å². The molecule has 10 heteroatoms. The van der Waals surface area contributed by atoms with Crippen molar-refractivity contribution < 1.29 is 33.9 Å². The van der Waals surface area contributed by atoms with Crippen molar-refractivity contribution in [2.75, 3.05) is 13.7 Å². The Morgan fingerprint density at radius 2 is 1.93 bits per heavy atom. The van der Waals surface area contributed by atoms with E-state index in [9.17, 15) is 29.6 Å². The largest absolute Gasteiger partial charge is 0.493 e. The van der Waals surface area contributed by atoms with Crippen LogP contribution < -0.4 is 9.47 Å². The first-order chi connectivity index (χ1) is 14.3. The van der Waals surface area contributed by atoms with Gasteiger partial charge >= 0.3 is 5.97 Å². The van der Waals surface area contributed by atoms with Crippen molar-refractivity contribution >= 4 is 23.5 Å². The van der Waals surface area contributed by atoms with Gasteiger partial charge in [-0.1, -0.05) is 12.1 Å². The minimum absolute atomic E-state index is 0.136. The summed E-state index contributed by atoms with van der Waals surface area (Å²) in [5, 5.41) is 20.7. The van der Waals surface area contributed by atoms with Gasteiger partial charge in [-0.25, -0.2) is 0 Å². The highest BCUT2D eigenvalue weighted by atomic mass is 16.6. The molecule has 0 saturated carbocycles. The molecule has 0 saturated heterocycles. The number of rotatable bonds is 8. The molecular weight excluding hydrogens is 396 g/mol. The summed E-state index contributed by atoms with van der Waals surface area (Å²) in [4.78, 5) is 48.8. The Kier molecular flexibility index (Phi) is 5.67. The molecule has 1 N–H and O–H groups in total. The van der Waals surface area contributed by atoms with Gasteiger partial charge < -0.3 is 14.6 Å². The summed E-state index contributed by atoms with van der Waals surface area (Å²) in [6.45, 7) is 2.06. The van der Waals surface area contributed by atoms with Crippen LogP contribution in [-0.2, 0) is 4.79 Å². The monoisotopic (exact) mass is 414 g/mol. The van der Waals surface area contributed by atoms with Crippen LogP contribution in [0.2, 0.25) is 0 Å². The van der Waals surface area contributed by atoms with Gasteiger partial charge in [0.2, 0.25) is 0 Å². The van der Waals surface area contributed by atoms with E-state index >= 15 is 0 Å². The first-order valence-electron chi connectivity index (χ1n) is 8.97. The lowest BCUT2D eigenvalue weighted by Gasteiger charge is -2.26. The Hall–Kier alpha value is -3.95. The van der Waals surface area contributed by atoms with Crippen molar-refractivity contribution in [3.63, 3.8) is 0 Å². The zero-order valence-corrected chi connectivity index (χ0v) is 16.2. The number of carbonyl (C=O) groups excluding carboxylic acids is 2. The number of methoxy groups -OCH3 is 1. The number of nitro benzene ring substituents is 1. The SMILES string of the molecule is CCOc1cc(C(CC(=O)O)N2C(=O)c3cccc([N+](=O)[O-])c3C2=O)ccc1OC. The molecule has 156 valence electrons. The minimum atomic E-state index is -1.25. The van der Waals surface area contributed by atoms with E-state index in [1.54, 1.807) is 6.92 Å². The Morgan fingerprint density at radius 3 is 2.53 bits per heavy atom. The van der Waals surface area contributed by atoms with Crippen molar-refractivity contribution in [2.24, 2.45) is 0 Å². The summed E-state index contributed by atoms with van der Waals surface area (Å²) in [5.41, 5.74) is -0.671. The number of ether oxygens (including phenoxy) is 2. The van der Waals surface area contributed by atoms with Gasteiger partial charge in [0, 0.05) is 6.07 Å². The number of carbonyl (C=O) groups is 3. The number of imide groups is 1. The second kappa shape index (κ2) is 8.19. The first-order valence-corrected chi connectivity index (χ1v) is 8.97. The summed E-state index contributed by atoms with van der Waals surface area (Å²) in [7, 11) is 1.44. The fourth-order valence-corrected chi connectivity index (χ4v) is 3.41. The average Bonchev–Trinajstić information content (AvgIpc) is 2.96. The van der Waals surface area contributed by atoms with Gasteiger partial charge in [-0.05, 0) is 30.7 Å². The van der Waals surface area contributed by atoms with Gasteiger partial charge in [0.15, 0.2) is 11.5 Å². The lowest BCUT2D eigenvalue weighted by atomic mass is 10.0. The zero-order chi connectivity index (χ0) is 22.0. The number of benzene rings is 2. The molecule has 0 aromatic heterocycles. The van der Waals surface area contributed by atoms with E-state index in [1.165, 1.54) is 37.4 Å². The van der Waals surface area contributed by atoms with Crippen molar-refractivity contribution in [3.05, 3.63) is 63.2 Å². The maximum absolute atomic E-state index is 13.0. The van der Waals surface area contributed by atoms with Gasteiger partial charge in [0.1, 0.15) is 5.56 Å². The van der Waals surface area contributed by atoms with E-state index < -0.39 is 40.9 Å². The van der Waals surface area contributed by atoms with Crippen LogP contribution in [0.1, 0.15) is 45.7 Å². The number of amides is 2. The smallest absolute Gasteiger partial charge is 0.305 e. The highest BCUT2D eigenvalue weighted by Gasteiger charge is 2.45. The van der Waals surface area contributed by atoms with E-state index in [1.807, 2.05) is 0 Å². The van der Waals surface area contributed by atoms with Gasteiger partial charge in [-0.15, -0.1) is 0 Å². The standard InChI is InChI=1S/C20H18N2O8/c1-3-30-16-9-11(7-8-15(16)29-2)14(10-17(23)24)21-19(25)12-5-4-6-13(22(27)28)18(12)20(21)26/h4-9,14H,3,10H2,1-2H3,(H,23,24). The molecular formula is C20H18N2O8. The van der Waals surface area contributed by atoms with Gasteiger partial charge in [-0.2, -0.15) is 0 Å². The van der Waals surface area contributed by atoms with Gasteiger partial charge in [0.05, 0.1) is 36.7 Å². The molecule has 30 heavy (non-hydrogen) atoms. The van der Waals surface area contributed by atoms with Crippen molar-refractivity contribution in [1.82, 2.24) is 4.90 Å². The summed E-state index contributed by atoms with van der Waals surface area (Å²) >= 11 is 0. The summed E-state index contributed by atoms with van der Waals surface area (Å²) in [5.74, 6) is -2.25. The molecule has 0 bridgehead atoms. The number of carboxylic acid groups (broad SMARTS) is 1. The van der Waals surface area contributed by atoms with Crippen LogP contribution in [0.4, 0.5) is 5.69 Å². The predicted octanol–water partition coefficient (Wildman–Crippen LogP) is 2.81. The third kappa shape index (κ3) is 3.54. The Morgan fingerprint density at radius 1 is 1.20 bits per heavy atom. The molecule has 3 rings (SSSR count). The molecule has 1 heterocycles. The van der Waals surface area contributed by atoms with Crippen LogP contribution in [0.5, 0.6) is 11.5 Å². The molecule has 0 aliphatic carbocycles. The second-order valence-electron chi connectivity index (χ2n) is 6.39. The molecule has 2 aromatic carbocycles. The van der Waals surface area contributed by atoms with E-state index in [2.05, 4.69) is 0 Å². The number of fused-ring (bicyclic) bond motifs is 1. The highest BCUT2D eigenvalue weighted by Crippen LogP contribution is 2.39. The van der Waals surface area contributed by atoms with E-state index in [4.69, 9.17) is 9.47 Å². The molecule has 0 fully saturated rings. The van der Waals surface area contributed by atoms with E-state index in [0.717, 1.165) is 11.0 Å². The van der Waals surface area contributed by atoms with Crippen LogP contribution in [0.3, 0.4) is 0 Å². The van der Waals surface area contributed by atoms with Crippen LogP contribution in [0.15, 0.2) is 36.4 Å². The molecule has 1 unspecified atom stereocenters. The number of hydrogen-bond acceptors (Lipinski definition) is 7. The maximum atomic E-state index is 13.0. The molecule has 1 aliphatic rings. The molecule has 1 aliphatic heterocycles. The minimum Gasteiger partial charge on any atom is -0.493 e. The Bertz CT molecular complexity index is 1050. The highest BCUT2D eigenvalue weighted by molar-refractivity contribution is 6.23.